The van der Waals surface area contributed by atoms with Crippen LogP contribution in [0.3, 0.4) is 0 Å². The van der Waals surface area contributed by atoms with Gasteiger partial charge < -0.3 is 9.30 Å². The number of rotatable bonds is 8. The van der Waals surface area contributed by atoms with E-state index in [2.05, 4.69) is 4.57 Å². The summed E-state index contributed by atoms with van der Waals surface area (Å²) >= 11 is 7.46. The molecular weight excluding hydrogens is 672 g/mol. The Morgan fingerprint density at radius 2 is 1.60 bits per heavy atom. The second-order valence-electron chi connectivity index (χ2n) is 11.5. The zero-order valence-corrected chi connectivity index (χ0v) is 28.5. The van der Waals surface area contributed by atoms with Crippen molar-refractivity contribution in [1.82, 2.24) is 9.13 Å². The molecule has 1 aliphatic rings. The second kappa shape index (κ2) is 13.6. The first kappa shape index (κ1) is 32.7. The van der Waals surface area contributed by atoms with Crippen molar-refractivity contribution in [3.05, 3.63) is 172 Å². The number of carbonyl (C=O) groups excluding carboxylic acids is 1. The van der Waals surface area contributed by atoms with Gasteiger partial charge >= 0.3 is 5.97 Å². The summed E-state index contributed by atoms with van der Waals surface area (Å²) in [5, 5.41) is 12.0. The van der Waals surface area contributed by atoms with Crippen LogP contribution in [0.1, 0.15) is 31.0 Å². The number of nitro groups is 1. The lowest BCUT2D eigenvalue weighted by atomic mass is 9.96. The van der Waals surface area contributed by atoms with E-state index in [-0.39, 0.29) is 23.4 Å². The van der Waals surface area contributed by atoms with Crippen LogP contribution >= 0.6 is 22.9 Å². The van der Waals surface area contributed by atoms with Crippen LogP contribution in [0.15, 0.2) is 136 Å². The number of hydrogen-bond acceptors (Lipinski definition) is 7. The van der Waals surface area contributed by atoms with E-state index < -0.39 is 16.9 Å². The molecule has 0 fully saturated rings. The lowest BCUT2D eigenvalue weighted by Gasteiger charge is -2.24. The molecule has 0 amide bonds. The molecule has 0 bridgehead atoms. The van der Waals surface area contributed by atoms with Gasteiger partial charge in [0.2, 0.25) is 0 Å². The van der Waals surface area contributed by atoms with Crippen LogP contribution in [-0.4, -0.2) is 26.6 Å². The number of non-ortho nitro benzene ring substituents is 1. The van der Waals surface area contributed by atoms with E-state index in [9.17, 15) is 19.7 Å². The highest BCUT2D eigenvalue weighted by Gasteiger charge is 2.33. The quantitative estimate of drug-likeness (QED) is 0.0929. The Morgan fingerprint density at radius 1 is 0.960 bits per heavy atom. The maximum absolute atomic E-state index is 14.5. The number of fused-ring (bicyclic) bond motifs is 1. The van der Waals surface area contributed by atoms with Crippen LogP contribution < -0.4 is 14.9 Å². The Labute approximate surface area is 295 Å². The molecule has 0 aliphatic carbocycles. The predicted octanol–water partition coefficient (Wildman–Crippen LogP) is 7.48. The lowest BCUT2D eigenvalue weighted by molar-refractivity contribution is -0.384. The fourth-order valence-electron chi connectivity index (χ4n) is 6.24. The van der Waals surface area contributed by atoms with Crippen LogP contribution in [-0.2, 0) is 9.53 Å². The van der Waals surface area contributed by atoms with Gasteiger partial charge in [-0.25, -0.2) is 9.79 Å². The standard InChI is InChI=1S/C39H29ClN4O5S/c1-3-49-38(46)34-24(2)41-39-43(36(34)27-14-16-29(40)17-15-27)37(45)33(50-39)23-28-22-32(25-10-6-4-7-11-25)42(35(28)26-12-8-5-9-13-26)30-18-20-31(21-19-30)44(47)48/h4-23,36H,3H2,1-2H3/b33-23-/t36-/m0/s1. The van der Waals surface area contributed by atoms with Crippen molar-refractivity contribution < 1.29 is 14.5 Å². The summed E-state index contributed by atoms with van der Waals surface area (Å²) in [6, 6.07) is 34.3. The van der Waals surface area contributed by atoms with Crippen molar-refractivity contribution in [2.75, 3.05) is 6.61 Å². The molecule has 0 N–H and O–H groups in total. The average Bonchev–Trinajstić information content (AvgIpc) is 3.65. The molecule has 7 rings (SSSR count). The summed E-state index contributed by atoms with van der Waals surface area (Å²) in [4.78, 5) is 44.1. The van der Waals surface area contributed by atoms with Gasteiger partial charge in [0.25, 0.3) is 11.2 Å². The molecule has 0 saturated heterocycles. The minimum absolute atomic E-state index is 0.0162. The van der Waals surface area contributed by atoms with E-state index in [0.717, 1.165) is 28.1 Å². The van der Waals surface area contributed by atoms with E-state index >= 15 is 0 Å². The molecule has 9 nitrogen and oxygen atoms in total. The number of nitro benzene ring substituents is 1. The van der Waals surface area contributed by atoms with Crippen molar-refractivity contribution in [2.45, 2.75) is 19.9 Å². The minimum Gasteiger partial charge on any atom is -0.463 e. The third-order valence-electron chi connectivity index (χ3n) is 8.46. The van der Waals surface area contributed by atoms with Crippen molar-refractivity contribution in [3.63, 3.8) is 0 Å². The largest absolute Gasteiger partial charge is 0.463 e. The Kier molecular flexibility index (Phi) is 8.88. The highest BCUT2D eigenvalue weighted by atomic mass is 35.5. The number of halogens is 1. The predicted molar refractivity (Wildman–Crippen MR) is 195 cm³/mol. The number of thiazole rings is 1. The number of esters is 1. The van der Waals surface area contributed by atoms with E-state index in [0.29, 0.717) is 31.3 Å². The number of aromatic nitrogens is 2. The Balaban J connectivity index is 1.50. The molecule has 11 heteroatoms. The van der Waals surface area contributed by atoms with Crippen molar-refractivity contribution in [1.29, 1.82) is 0 Å². The molecule has 2 aromatic heterocycles. The molecule has 0 saturated carbocycles. The smallest absolute Gasteiger partial charge is 0.338 e. The van der Waals surface area contributed by atoms with Crippen LogP contribution in [0.5, 0.6) is 0 Å². The molecule has 3 heterocycles. The van der Waals surface area contributed by atoms with Gasteiger partial charge in [-0.15, -0.1) is 0 Å². The summed E-state index contributed by atoms with van der Waals surface area (Å²) in [6.07, 6.45) is 1.85. The van der Waals surface area contributed by atoms with Gasteiger partial charge in [-0.1, -0.05) is 95.7 Å². The van der Waals surface area contributed by atoms with Gasteiger partial charge in [-0.05, 0) is 66.9 Å². The van der Waals surface area contributed by atoms with Crippen LogP contribution in [0.4, 0.5) is 5.69 Å². The third-order valence-corrected chi connectivity index (χ3v) is 9.69. The highest BCUT2D eigenvalue weighted by molar-refractivity contribution is 7.07. The van der Waals surface area contributed by atoms with Gasteiger partial charge in [0.1, 0.15) is 0 Å². The second-order valence-corrected chi connectivity index (χ2v) is 13.0. The fourth-order valence-corrected chi connectivity index (χ4v) is 7.40. The minimum atomic E-state index is -0.775. The monoisotopic (exact) mass is 700 g/mol. The van der Waals surface area contributed by atoms with E-state index in [4.69, 9.17) is 21.3 Å². The third kappa shape index (κ3) is 5.99. The first-order valence-electron chi connectivity index (χ1n) is 15.8. The number of hydrogen-bond donors (Lipinski definition) is 0. The van der Waals surface area contributed by atoms with Gasteiger partial charge in [-0.3, -0.25) is 19.5 Å². The molecule has 50 heavy (non-hydrogen) atoms. The zero-order chi connectivity index (χ0) is 34.9. The van der Waals surface area contributed by atoms with Crippen LogP contribution in [0.25, 0.3) is 34.3 Å². The maximum atomic E-state index is 14.5. The molecule has 4 aromatic carbocycles. The summed E-state index contributed by atoms with van der Waals surface area (Å²) in [5.74, 6) is -0.540. The van der Waals surface area contributed by atoms with E-state index in [1.165, 1.54) is 23.5 Å². The average molecular weight is 701 g/mol. The number of nitrogens with zero attached hydrogens (tertiary/aromatic N) is 4. The van der Waals surface area contributed by atoms with Crippen LogP contribution in [0, 0.1) is 10.1 Å². The van der Waals surface area contributed by atoms with Gasteiger partial charge in [0.15, 0.2) is 4.80 Å². The Morgan fingerprint density at radius 3 is 2.22 bits per heavy atom. The fraction of sp³-hybridized carbons (Fsp3) is 0.103. The first-order chi connectivity index (χ1) is 24.2. The Bertz CT molecular complexity index is 2470. The molecule has 0 radical (unpaired) electrons. The topological polar surface area (TPSA) is 109 Å². The van der Waals surface area contributed by atoms with Crippen LogP contribution in [0.2, 0.25) is 5.02 Å². The lowest BCUT2D eigenvalue weighted by Crippen LogP contribution is -2.39. The SMILES string of the molecule is CCOC(=O)C1=C(C)N=c2s/c(=C\c3cc(-c4ccccc4)n(-c4ccc([N+](=O)[O-])cc4)c3-c3ccccc3)c(=O)n2[C@H]1c1ccc(Cl)cc1. The Hall–Kier alpha value is -5.84. The summed E-state index contributed by atoms with van der Waals surface area (Å²) in [5.41, 5.74) is 6.01. The maximum Gasteiger partial charge on any atom is 0.338 e. The molecule has 1 atom stereocenters. The van der Waals surface area contributed by atoms with Crippen molar-refractivity contribution >= 4 is 40.7 Å². The number of benzene rings is 4. The molecule has 6 aromatic rings. The van der Waals surface area contributed by atoms with Crippen molar-refractivity contribution in [2.24, 2.45) is 4.99 Å². The van der Waals surface area contributed by atoms with E-state index in [1.54, 1.807) is 54.8 Å². The van der Waals surface area contributed by atoms with Gasteiger partial charge in [-0.2, -0.15) is 0 Å². The summed E-state index contributed by atoms with van der Waals surface area (Å²) < 4.78 is 9.44. The molecule has 1 aliphatic heterocycles. The number of carbonyl (C=O) groups is 1. The molecule has 0 unspecified atom stereocenters. The number of ether oxygens (including phenoxy) is 1. The molecular formula is C39H29ClN4O5S. The number of allylic oxidation sites excluding steroid dienone is 1. The first-order valence-corrected chi connectivity index (χ1v) is 17.0. The summed E-state index contributed by atoms with van der Waals surface area (Å²) in [6.45, 7) is 3.65. The highest BCUT2D eigenvalue weighted by Crippen LogP contribution is 2.37. The van der Waals surface area contributed by atoms with Gasteiger partial charge in [0, 0.05) is 28.4 Å². The van der Waals surface area contributed by atoms with Gasteiger partial charge in [0.05, 0.1) is 44.8 Å². The summed E-state index contributed by atoms with van der Waals surface area (Å²) in [7, 11) is 0. The normalized spacial score (nSPS) is 14.3. The molecule has 0 spiro atoms. The zero-order valence-electron chi connectivity index (χ0n) is 26.9. The van der Waals surface area contributed by atoms with E-state index in [1.807, 2.05) is 72.8 Å². The molecule has 248 valence electrons. The van der Waals surface area contributed by atoms with Crippen molar-refractivity contribution in [3.8, 4) is 28.2 Å².